The molecule has 10 nitrogen and oxygen atoms in total. The van der Waals surface area contributed by atoms with Gasteiger partial charge in [-0.2, -0.15) is 0 Å². The zero-order valence-corrected chi connectivity index (χ0v) is 23.2. The smallest absolute Gasteiger partial charge is 0.270 e. The maximum absolute atomic E-state index is 13.0. The number of amides is 2. The van der Waals surface area contributed by atoms with Gasteiger partial charge in [-0.3, -0.25) is 23.9 Å². The number of aliphatic hydroxyl groups excluding tert-OH is 1. The second-order valence-corrected chi connectivity index (χ2v) is 10.5. The number of nitrogens with one attached hydrogen (secondary N) is 3. The van der Waals surface area contributed by atoms with Gasteiger partial charge in [-0.15, -0.1) is 0 Å². The Kier molecular flexibility index (Phi) is 7.92. The second kappa shape index (κ2) is 12.3. The first-order chi connectivity index (χ1) is 20.9. The van der Waals surface area contributed by atoms with Crippen LogP contribution in [-0.2, 0) is 0 Å². The van der Waals surface area contributed by atoms with Gasteiger partial charge >= 0.3 is 0 Å². The van der Waals surface area contributed by atoms with Crippen LogP contribution in [0.2, 0.25) is 0 Å². The molecule has 10 heteroatoms. The Bertz CT molecular complexity index is 1830. The van der Waals surface area contributed by atoms with Crippen molar-refractivity contribution in [3.05, 3.63) is 119 Å². The molecule has 0 radical (unpaired) electrons. The predicted octanol–water partition coefficient (Wildman–Crippen LogP) is 4.81. The van der Waals surface area contributed by atoms with Crippen LogP contribution in [0.25, 0.3) is 16.6 Å². The van der Waals surface area contributed by atoms with Gasteiger partial charge in [0, 0.05) is 46.6 Å². The third kappa shape index (κ3) is 6.29. The molecule has 0 atom stereocenters. The van der Waals surface area contributed by atoms with Crippen LogP contribution in [0.5, 0.6) is 0 Å². The molecule has 5 aromatic rings. The highest BCUT2D eigenvalue weighted by Gasteiger charge is 2.22. The van der Waals surface area contributed by atoms with Crippen molar-refractivity contribution in [3.8, 4) is 5.69 Å². The molecule has 2 amide bonds. The van der Waals surface area contributed by atoms with Gasteiger partial charge in [0.15, 0.2) is 0 Å². The van der Waals surface area contributed by atoms with Crippen LogP contribution in [0.4, 0.5) is 17.1 Å². The van der Waals surface area contributed by atoms with E-state index in [9.17, 15) is 19.5 Å². The lowest BCUT2D eigenvalue weighted by atomic mass is 9.93. The average molecular weight is 575 g/mol. The maximum Gasteiger partial charge on any atom is 0.270 e. The molecule has 0 saturated heterocycles. The fourth-order valence-electron chi connectivity index (χ4n) is 5.21. The Morgan fingerprint density at radius 2 is 1.58 bits per heavy atom. The summed E-state index contributed by atoms with van der Waals surface area (Å²) in [4.78, 5) is 47.6. The number of anilines is 3. The molecule has 0 bridgehead atoms. The number of aliphatic hydroxyl groups is 1. The van der Waals surface area contributed by atoms with Gasteiger partial charge < -0.3 is 21.1 Å². The van der Waals surface area contributed by atoms with Crippen molar-refractivity contribution < 1.29 is 14.7 Å². The number of nitrogens with zero attached hydrogens (tertiary/aromatic N) is 3. The number of pyridine rings is 3. The Labute approximate surface area is 247 Å². The third-order valence-corrected chi connectivity index (χ3v) is 7.54. The standard InChI is InChI=1S/C33H30N6O4/c40-25-14-12-23(13-15-25)38-32(42)29-19-27-28(16-17-34-30(27)20-35-29)36-21-8-10-22(11-9-21)37-31(41)26-7-4-18-39(33(26)43)24-5-2-1-3-6-24/h1-11,16-20,23,25,40H,12-15H2,(H,34,36)(H,37,41)(H,38,42). The molecule has 0 spiro atoms. The summed E-state index contributed by atoms with van der Waals surface area (Å²) in [6, 6.07) is 22.9. The second-order valence-electron chi connectivity index (χ2n) is 10.5. The Hall–Kier alpha value is -5.35. The minimum Gasteiger partial charge on any atom is -0.393 e. The van der Waals surface area contributed by atoms with Gasteiger partial charge in [0.25, 0.3) is 17.4 Å². The Morgan fingerprint density at radius 3 is 2.35 bits per heavy atom. The first-order valence-electron chi connectivity index (χ1n) is 14.1. The van der Waals surface area contributed by atoms with Gasteiger partial charge in [-0.1, -0.05) is 18.2 Å². The molecule has 1 saturated carbocycles. The summed E-state index contributed by atoms with van der Waals surface area (Å²) in [7, 11) is 0. The molecule has 3 heterocycles. The minimum atomic E-state index is -0.501. The Morgan fingerprint density at radius 1 is 0.837 bits per heavy atom. The first-order valence-corrected chi connectivity index (χ1v) is 14.1. The molecule has 1 aliphatic carbocycles. The number of para-hydroxylation sites is 1. The lowest BCUT2D eigenvalue weighted by molar-refractivity contribution is 0.0863. The first kappa shape index (κ1) is 27.8. The molecule has 0 unspecified atom stereocenters. The van der Waals surface area contributed by atoms with Crippen LogP contribution in [-0.4, -0.2) is 43.6 Å². The van der Waals surface area contributed by atoms with E-state index in [2.05, 4.69) is 25.9 Å². The van der Waals surface area contributed by atoms with Crippen LogP contribution in [0.1, 0.15) is 46.5 Å². The topological polar surface area (TPSA) is 138 Å². The van der Waals surface area contributed by atoms with E-state index in [-0.39, 0.29) is 23.6 Å². The number of rotatable bonds is 7. The molecule has 0 aliphatic heterocycles. The van der Waals surface area contributed by atoms with Crippen LogP contribution < -0.4 is 21.5 Å². The highest BCUT2D eigenvalue weighted by Crippen LogP contribution is 2.27. The van der Waals surface area contributed by atoms with E-state index in [1.165, 1.54) is 10.6 Å². The molecule has 3 aromatic heterocycles. The zero-order valence-electron chi connectivity index (χ0n) is 23.2. The average Bonchev–Trinajstić information content (AvgIpc) is 3.03. The van der Waals surface area contributed by atoms with Crippen molar-refractivity contribution >= 4 is 39.8 Å². The van der Waals surface area contributed by atoms with Crippen molar-refractivity contribution in [2.24, 2.45) is 0 Å². The lowest BCUT2D eigenvalue weighted by Crippen LogP contribution is -2.38. The molecular weight excluding hydrogens is 544 g/mol. The fraction of sp³-hybridized carbons (Fsp3) is 0.182. The number of hydrogen-bond acceptors (Lipinski definition) is 7. The van der Waals surface area contributed by atoms with E-state index in [4.69, 9.17) is 0 Å². The highest BCUT2D eigenvalue weighted by molar-refractivity contribution is 6.04. The Balaban J connectivity index is 1.15. The summed E-state index contributed by atoms with van der Waals surface area (Å²) in [5.41, 5.74) is 3.25. The van der Waals surface area contributed by atoms with Crippen LogP contribution in [0.3, 0.4) is 0 Å². The summed E-state index contributed by atoms with van der Waals surface area (Å²) in [6.07, 6.45) is 7.41. The fourth-order valence-corrected chi connectivity index (χ4v) is 5.21. The molecule has 6 rings (SSSR count). The molecule has 2 aromatic carbocycles. The summed E-state index contributed by atoms with van der Waals surface area (Å²) >= 11 is 0. The number of fused-ring (bicyclic) bond motifs is 1. The van der Waals surface area contributed by atoms with Crippen molar-refractivity contribution in [2.75, 3.05) is 10.6 Å². The summed E-state index contributed by atoms with van der Waals surface area (Å²) in [5.74, 6) is -0.758. The molecule has 1 fully saturated rings. The summed E-state index contributed by atoms with van der Waals surface area (Å²) in [6.45, 7) is 0. The van der Waals surface area contributed by atoms with Gasteiger partial charge in [-0.25, -0.2) is 4.98 Å². The largest absolute Gasteiger partial charge is 0.393 e. The van der Waals surface area contributed by atoms with E-state index in [0.29, 0.717) is 35.4 Å². The minimum absolute atomic E-state index is 0.0192. The molecular formula is C33H30N6O4. The normalized spacial score (nSPS) is 16.4. The van der Waals surface area contributed by atoms with Crippen molar-refractivity contribution in [1.29, 1.82) is 0 Å². The van der Waals surface area contributed by atoms with Crippen molar-refractivity contribution in [2.45, 2.75) is 37.8 Å². The number of aromatic nitrogens is 3. The maximum atomic E-state index is 13.0. The number of hydrogen-bond donors (Lipinski definition) is 4. The molecule has 1 aliphatic rings. The van der Waals surface area contributed by atoms with E-state index >= 15 is 0 Å². The highest BCUT2D eigenvalue weighted by atomic mass is 16.3. The van der Waals surface area contributed by atoms with Gasteiger partial charge in [0.05, 0.1) is 17.8 Å². The zero-order chi connectivity index (χ0) is 29.8. The van der Waals surface area contributed by atoms with Crippen LogP contribution >= 0.6 is 0 Å². The number of benzene rings is 2. The van der Waals surface area contributed by atoms with Crippen molar-refractivity contribution in [1.82, 2.24) is 19.9 Å². The monoisotopic (exact) mass is 574 g/mol. The predicted molar refractivity (Wildman–Crippen MR) is 165 cm³/mol. The number of carbonyl (C=O) groups is 2. The van der Waals surface area contributed by atoms with Crippen LogP contribution in [0.15, 0.2) is 102 Å². The van der Waals surface area contributed by atoms with E-state index < -0.39 is 11.5 Å². The van der Waals surface area contributed by atoms with Gasteiger partial charge in [0.1, 0.15) is 11.3 Å². The van der Waals surface area contributed by atoms with E-state index in [1.54, 1.807) is 67.1 Å². The summed E-state index contributed by atoms with van der Waals surface area (Å²) < 4.78 is 1.44. The van der Waals surface area contributed by atoms with Gasteiger partial charge in [-0.05, 0) is 86.3 Å². The van der Waals surface area contributed by atoms with Gasteiger partial charge in [0.2, 0.25) is 0 Å². The van der Waals surface area contributed by atoms with Crippen LogP contribution in [0, 0.1) is 0 Å². The molecule has 216 valence electrons. The summed E-state index contributed by atoms with van der Waals surface area (Å²) in [5, 5.41) is 19.6. The van der Waals surface area contributed by atoms with E-state index in [0.717, 1.165) is 29.6 Å². The lowest BCUT2D eigenvalue weighted by Gasteiger charge is -2.26. The number of carbonyl (C=O) groups excluding carboxylic acids is 2. The molecule has 43 heavy (non-hydrogen) atoms. The molecule has 4 N–H and O–H groups in total. The van der Waals surface area contributed by atoms with Crippen molar-refractivity contribution in [3.63, 3.8) is 0 Å². The van der Waals surface area contributed by atoms with E-state index in [1.807, 2.05) is 24.3 Å². The quantitative estimate of drug-likeness (QED) is 0.219. The third-order valence-electron chi connectivity index (χ3n) is 7.54. The SMILES string of the molecule is O=C(NC1CCC(O)CC1)c1cc2c(Nc3ccc(NC(=O)c4cccn(-c5ccccc5)c4=O)cc3)ccnc2cn1.